The van der Waals surface area contributed by atoms with Crippen LogP contribution in [-0.2, 0) is 7.05 Å². The molecular weight excluding hydrogens is 280 g/mol. The highest BCUT2D eigenvalue weighted by Gasteiger charge is 2.16. The van der Waals surface area contributed by atoms with Crippen molar-refractivity contribution in [3.8, 4) is 0 Å². The van der Waals surface area contributed by atoms with E-state index in [-0.39, 0.29) is 6.04 Å². The van der Waals surface area contributed by atoms with Gasteiger partial charge in [-0.25, -0.2) is 0 Å². The highest BCUT2D eigenvalue weighted by atomic mass is 15.4. The quantitative estimate of drug-likeness (QED) is 0.754. The Morgan fingerprint density at radius 3 is 2.77 bits per heavy atom. The molecule has 0 saturated heterocycles. The molecule has 0 bridgehead atoms. The molecule has 1 N–H and O–H groups in total. The van der Waals surface area contributed by atoms with Gasteiger partial charge in [-0.05, 0) is 33.2 Å². The van der Waals surface area contributed by atoms with Crippen LogP contribution in [0.3, 0.4) is 0 Å². The van der Waals surface area contributed by atoms with E-state index in [1.165, 1.54) is 5.56 Å². The van der Waals surface area contributed by atoms with E-state index in [1.54, 1.807) is 4.52 Å². The third-order valence-corrected chi connectivity index (χ3v) is 3.63. The first-order valence-electron chi connectivity index (χ1n) is 7.12. The fourth-order valence-corrected chi connectivity index (χ4v) is 2.40. The van der Waals surface area contributed by atoms with E-state index in [4.69, 9.17) is 0 Å². The van der Waals surface area contributed by atoms with Crippen molar-refractivity contribution in [3.63, 3.8) is 0 Å². The molecule has 1 atom stereocenters. The van der Waals surface area contributed by atoms with E-state index in [1.807, 2.05) is 43.2 Å². The minimum Gasteiger partial charge on any atom is -0.367 e. The van der Waals surface area contributed by atoms with Crippen LogP contribution in [0, 0.1) is 6.92 Å². The molecule has 3 aromatic heterocycles. The molecule has 8 nitrogen and oxygen atoms in total. The highest BCUT2D eigenvalue weighted by molar-refractivity contribution is 5.44. The molecule has 22 heavy (non-hydrogen) atoms. The fourth-order valence-electron chi connectivity index (χ4n) is 2.40. The second-order valence-corrected chi connectivity index (χ2v) is 5.54. The van der Waals surface area contributed by atoms with Crippen LogP contribution in [-0.4, -0.2) is 55.1 Å². The second-order valence-electron chi connectivity index (χ2n) is 5.54. The highest BCUT2D eigenvalue weighted by Crippen LogP contribution is 2.18. The van der Waals surface area contributed by atoms with Crippen molar-refractivity contribution in [1.82, 2.24) is 34.5 Å². The summed E-state index contributed by atoms with van der Waals surface area (Å²) in [7, 11) is 6.04. The van der Waals surface area contributed by atoms with Crippen molar-refractivity contribution >= 4 is 11.5 Å². The van der Waals surface area contributed by atoms with Crippen LogP contribution in [0.4, 0.5) is 5.82 Å². The largest absolute Gasteiger partial charge is 0.367 e. The van der Waals surface area contributed by atoms with E-state index < -0.39 is 0 Å². The molecule has 0 aliphatic carbocycles. The van der Waals surface area contributed by atoms with Crippen LogP contribution < -0.4 is 5.32 Å². The standard InChI is InChI=1S/C14H20N8/c1-10-17-18-14-6-5-13(19-22(10)14)15-8-12(20(2)3)11-7-16-21(4)9-11/h5-7,9,12H,8H2,1-4H3,(H,15,19). The molecule has 0 aliphatic heterocycles. The maximum Gasteiger partial charge on any atom is 0.178 e. The zero-order chi connectivity index (χ0) is 15.7. The molecule has 0 radical (unpaired) electrons. The van der Waals surface area contributed by atoms with Crippen LogP contribution in [0.25, 0.3) is 5.65 Å². The summed E-state index contributed by atoms with van der Waals surface area (Å²) >= 11 is 0. The maximum atomic E-state index is 4.51. The Hall–Kier alpha value is -2.48. The lowest BCUT2D eigenvalue weighted by atomic mass is 10.1. The summed E-state index contributed by atoms with van der Waals surface area (Å²) in [6.45, 7) is 2.62. The average Bonchev–Trinajstić information content (AvgIpc) is 3.06. The minimum absolute atomic E-state index is 0.216. The molecule has 0 spiro atoms. The van der Waals surface area contributed by atoms with E-state index in [0.717, 1.165) is 23.8 Å². The lowest BCUT2D eigenvalue weighted by molar-refractivity contribution is 0.311. The van der Waals surface area contributed by atoms with Crippen LogP contribution in [0.1, 0.15) is 17.4 Å². The van der Waals surface area contributed by atoms with Gasteiger partial charge < -0.3 is 10.2 Å². The predicted molar refractivity (Wildman–Crippen MR) is 83.6 cm³/mol. The first kappa shape index (κ1) is 14.5. The number of aromatic nitrogens is 6. The smallest absolute Gasteiger partial charge is 0.178 e. The number of hydrogen-bond acceptors (Lipinski definition) is 6. The lowest BCUT2D eigenvalue weighted by Gasteiger charge is -2.23. The van der Waals surface area contributed by atoms with Gasteiger partial charge in [0.1, 0.15) is 5.82 Å². The Morgan fingerprint density at radius 2 is 2.09 bits per heavy atom. The van der Waals surface area contributed by atoms with Gasteiger partial charge in [0, 0.05) is 25.4 Å². The Balaban J connectivity index is 1.77. The van der Waals surface area contributed by atoms with E-state index >= 15 is 0 Å². The van der Waals surface area contributed by atoms with E-state index in [0.29, 0.717) is 0 Å². The topological polar surface area (TPSA) is 76.2 Å². The van der Waals surface area contributed by atoms with Crippen LogP contribution in [0.2, 0.25) is 0 Å². The zero-order valence-electron chi connectivity index (χ0n) is 13.2. The summed E-state index contributed by atoms with van der Waals surface area (Å²) in [5.74, 6) is 1.57. The van der Waals surface area contributed by atoms with Gasteiger partial charge in [-0.1, -0.05) is 0 Å². The van der Waals surface area contributed by atoms with Gasteiger partial charge in [0.15, 0.2) is 11.5 Å². The summed E-state index contributed by atoms with van der Waals surface area (Å²) in [5, 5.41) is 20.2. The monoisotopic (exact) mass is 300 g/mol. The van der Waals surface area contributed by atoms with Crippen molar-refractivity contribution in [2.75, 3.05) is 26.0 Å². The first-order valence-corrected chi connectivity index (χ1v) is 7.12. The van der Waals surface area contributed by atoms with E-state index in [2.05, 4.69) is 44.7 Å². The number of fused-ring (bicyclic) bond motifs is 1. The maximum absolute atomic E-state index is 4.51. The minimum atomic E-state index is 0.216. The van der Waals surface area contributed by atoms with Gasteiger partial charge in [0.05, 0.1) is 12.2 Å². The molecule has 0 amide bonds. The second kappa shape index (κ2) is 5.72. The molecule has 3 aromatic rings. The van der Waals surface area contributed by atoms with Crippen LogP contribution in [0.15, 0.2) is 24.5 Å². The van der Waals surface area contributed by atoms with Gasteiger partial charge in [-0.3, -0.25) is 4.68 Å². The molecule has 0 aliphatic rings. The van der Waals surface area contributed by atoms with Gasteiger partial charge in [0.25, 0.3) is 0 Å². The average molecular weight is 300 g/mol. The normalized spacial score (nSPS) is 13.0. The number of nitrogens with zero attached hydrogens (tertiary/aromatic N) is 7. The number of aryl methyl sites for hydroxylation is 2. The van der Waals surface area contributed by atoms with Crippen molar-refractivity contribution in [2.45, 2.75) is 13.0 Å². The third kappa shape index (κ3) is 2.77. The number of anilines is 1. The molecule has 116 valence electrons. The van der Waals surface area contributed by atoms with Crippen molar-refractivity contribution in [3.05, 3.63) is 35.9 Å². The Bertz CT molecular complexity index is 772. The molecule has 8 heteroatoms. The Labute approximate surface area is 128 Å². The molecule has 0 saturated carbocycles. The van der Waals surface area contributed by atoms with Gasteiger partial charge in [-0.15, -0.1) is 15.3 Å². The number of hydrogen-bond donors (Lipinski definition) is 1. The summed E-state index contributed by atoms with van der Waals surface area (Å²) in [4.78, 5) is 2.16. The molecule has 1 unspecified atom stereocenters. The summed E-state index contributed by atoms with van der Waals surface area (Å²) in [5.41, 5.74) is 1.92. The van der Waals surface area contributed by atoms with Crippen molar-refractivity contribution in [2.24, 2.45) is 7.05 Å². The zero-order valence-corrected chi connectivity index (χ0v) is 13.2. The number of nitrogens with one attached hydrogen (secondary N) is 1. The van der Waals surface area contributed by atoms with E-state index in [9.17, 15) is 0 Å². The predicted octanol–water partition coefficient (Wildman–Crippen LogP) is 0.881. The van der Waals surface area contributed by atoms with Crippen molar-refractivity contribution in [1.29, 1.82) is 0 Å². The van der Waals surface area contributed by atoms with Gasteiger partial charge >= 0.3 is 0 Å². The molecule has 3 heterocycles. The summed E-state index contributed by atoms with van der Waals surface area (Å²) in [6.07, 6.45) is 3.93. The Kier molecular flexibility index (Phi) is 3.76. The number of likely N-dealkylation sites (N-methyl/N-ethyl adjacent to an activating group) is 1. The Morgan fingerprint density at radius 1 is 1.27 bits per heavy atom. The van der Waals surface area contributed by atoms with Crippen LogP contribution in [0.5, 0.6) is 0 Å². The fraction of sp³-hybridized carbons (Fsp3) is 0.429. The lowest BCUT2D eigenvalue weighted by Crippen LogP contribution is -2.27. The van der Waals surface area contributed by atoms with Gasteiger partial charge in [-0.2, -0.15) is 9.61 Å². The first-order chi connectivity index (χ1) is 10.5. The van der Waals surface area contributed by atoms with Crippen molar-refractivity contribution < 1.29 is 0 Å². The summed E-state index contributed by atoms with van der Waals surface area (Å²) in [6, 6.07) is 4.04. The number of rotatable bonds is 5. The molecule has 3 rings (SSSR count). The third-order valence-electron chi connectivity index (χ3n) is 3.63. The molecule has 0 aromatic carbocycles. The molecular formula is C14H20N8. The SMILES string of the molecule is Cc1nnc2ccc(NCC(c3cnn(C)c3)N(C)C)nn12. The molecule has 0 fully saturated rings. The van der Waals surface area contributed by atoms with Gasteiger partial charge in [0.2, 0.25) is 0 Å². The van der Waals surface area contributed by atoms with Crippen LogP contribution >= 0.6 is 0 Å². The summed E-state index contributed by atoms with van der Waals surface area (Å²) < 4.78 is 3.55.